The van der Waals surface area contributed by atoms with E-state index in [0.29, 0.717) is 18.8 Å². The van der Waals surface area contributed by atoms with Gasteiger partial charge in [0.1, 0.15) is 12.4 Å². The van der Waals surface area contributed by atoms with Gasteiger partial charge < -0.3 is 25.2 Å². The van der Waals surface area contributed by atoms with E-state index in [-0.39, 0.29) is 17.7 Å². The highest BCUT2D eigenvalue weighted by molar-refractivity contribution is 5.86. The predicted octanol–water partition coefficient (Wildman–Crippen LogP) is 4.97. The molecule has 1 amide bonds. The normalized spacial score (nSPS) is 10.7. The van der Waals surface area contributed by atoms with Crippen molar-refractivity contribution in [3.05, 3.63) is 78.8 Å². The van der Waals surface area contributed by atoms with Crippen LogP contribution in [0.2, 0.25) is 0 Å². The molecule has 3 rings (SSSR count). The number of nitrogens with zero attached hydrogens (tertiary/aromatic N) is 4. The molecule has 2 aromatic carbocycles. The lowest BCUT2D eigenvalue weighted by atomic mass is 10.2. The molecule has 0 aliphatic heterocycles. The minimum absolute atomic E-state index is 0.0471. The van der Waals surface area contributed by atoms with Gasteiger partial charge in [-0.15, -0.1) is 0 Å². The van der Waals surface area contributed by atoms with E-state index < -0.39 is 5.82 Å². The summed E-state index contributed by atoms with van der Waals surface area (Å²) in [5.74, 6) is 0.297. The van der Waals surface area contributed by atoms with Crippen LogP contribution in [0.5, 0.6) is 5.75 Å². The van der Waals surface area contributed by atoms with Crippen LogP contribution in [0.1, 0.15) is 19.4 Å². The highest BCUT2D eigenvalue weighted by atomic mass is 19.1. The number of aromatic nitrogens is 2. The average molecular weight is 493 g/mol. The molecule has 190 valence electrons. The first-order chi connectivity index (χ1) is 17.4. The first-order valence-electron chi connectivity index (χ1n) is 11.9. The Labute approximate surface area is 211 Å². The Bertz CT molecular complexity index is 1150. The number of amides is 1. The summed E-state index contributed by atoms with van der Waals surface area (Å²) in [7, 11) is 1.70. The second-order valence-electron chi connectivity index (χ2n) is 8.14. The van der Waals surface area contributed by atoms with Crippen molar-refractivity contribution in [3.63, 3.8) is 0 Å². The van der Waals surface area contributed by atoms with Gasteiger partial charge in [-0.2, -0.15) is 4.98 Å². The van der Waals surface area contributed by atoms with Crippen molar-refractivity contribution in [2.24, 2.45) is 0 Å². The average Bonchev–Trinajstić information content (AvgIpc) is 2.89. The van der Waals surface area contributed by atoms with E-state index in [1.54, 1.807) is 24.1 Å². The van der Waals surface area contributed by atoms with Crippen LogP contribution in [0.3, 0.4) is 0 Å². The summed E-state index contributed by atoms with van der Waals surface area (Å²) in [6, 6.07) is 14.8. The second kappa shape index (κ2) is 13.2. The third-order valence-corrected chi connectivity index (χ3v) is 5.59. The number of hydrogen-bond acceptors (Lipinski definition) is 7. The van der Waals surface area contributed by atoms with Crippen LogP contribution in [0.25, 0.3) is 0 Å². The summed E-state index contributed by atoms with van der Waals surface area (Å²) in [5.41, 5.74) is 2.32. The van der Waals surface area contributed by atoms with Crippen molar-refractivity contribution in [2.75, 3.05) is 43.9 Å². The Kier molecular flexibility index (Phi) is 9.76. The second-order valence-corrected chi connectivity index (χ2v) is 8.14. The molecule has 0 aliphatic rings. The van der Waals surface area contributed by atoms with E-state index in [9.17, 15) is 9.18 Å². The Morgan fingerprint density at radius 1 is 1.11 bits per heavy atom. The smallest absolute Gasteiger partial charge is 0.245 e. The summed E-state index contributed by atoms with van der Waals surface area (Å²) >= 11 is 0. The zero-order chi connectivity index (χ0) is 25.9. The van der Waals surface area contributed by atoms with E-state index in [4.69, 9.17) is 4.74 Å². The van der Waals surface area contributed by atoms with Crippen LogP contribution in [-0.4, -0.2) is 59.0 Å². The number of ether oxygens (including phenoxy) is 1. The molecule has 9 heteroatoms. The highest BCUT2D eigenvalue weighted by Crippen LogP contribution is 2.23. The molecule has 1 aromatic heterocycles. The molecule has 36 heavy (non-hydrogen) atoms. The molecule has 1 heterocycles. The minimum atomic E-state index is -0.575. The molecular weight excluding hydrogens is 459 g/mol. The number of likely N-dealkylation sites (N-methyl/N-ethyl adjacent to an activating group) is 2. The third-order valence-electron chi connectivity index (χ3n) is 5.59. The van der Waals surface area contributed by atoms with Crippen molar-refractivity contribution in [3.8, 4) is 5.75 Å². The molecule has 0 fully saturated rings. The standard InChI is InChI=1S/C27H33FN6O2/c1-5-25(35)33(4)19-20-11-13-21(14-12-20)30-26-24(28)18-29-27(32-26)31-22-9-8-10-23(17-22)36-16-15-34(6-2)7-3/h5,8-14,17-18H,1,6-7,15-16,19H2,2-4H3,(H2,29,30,31,32). The lowest BCUT2D eigenvalue weighted by Crippen LogP contribution is -2.27. The maximum absolute atomic E-state index is 14.4. The van der Waals surface area contributed by atoms with Crippen LogP contribution in [0.4, 0.5) is 27.5 Å². The molecule has 0 saturated carbocycles. The molecule has 0 radical (unpaired) electrons. The molecule has 0 unspecified atom stereocenters. The van der Waals surface area contributed by atoms with E-state index in [1.807, 2.05) is 36.4 Å². The van der Waals surface area contributed by atoms with Crippen molar-refractivity contribution in [1.29, 1.82) is 0 Å². The molecule has 0 aliphatic carbocycles. The lowest BCUT2D eigenvalue weighted by molar-refractivity contribution is -0.125. The number of anilines is 4. The Hall–Kier alpha value is -3.98. The third kappa shape index (κ3) is 7.78. The van der Waals surface area contributed by atoms with Gasteiger partial charge in [-0.1, -0.05) is 38.6 Å². The number of nitrogens with one attached hydrogen (secondary N) is 2. The first kappa shape index (κ1) is 26.6. The van der Waals surface area contributed by atoms with Crippen LogP contribution < -0.4 is 15.4 Å². The van der Waals surface area contributed by atoms with Crippen molar-refractivity contribution in [1.82, 2.24) is 19.8 Å². The monoisotopic (exact) mass is 492 g/mol. The van der Waals surface area contributed by atoms with E-state index in [2.05, 4.69) is 45.9 Å². The van der Waals surface area contributed by atoms with Crippen LogP contribution in [0.15, 0.2) is 67.4 Å². The van der Waals surface area contributed by atoms with E-state index in [1.165, 1.54) is 6.08 Å². The minimum Gasteiger partial charge on any atom is -0.492 e. The van der Waals surface area contributed by atoms with Crippen LogP contribution >= 0.6 is 0 Å². The predicted molar refractivity (Wildman–Crippen MR) is 141 cm³/mol. The quantitative estimate of drug-likeness (QED) is 0.326. The molecule has 0 bridgehead atoms. The van der Waals surface area contributed by atoms with Crippen LogP contribution in [-0.2, 0) is 11.3 Å². The van der Waals surface area contributed by atoms with Gasteiger partial charge >= 0.3 is 0 Å². The fourth-order valence-electron chi connectivity index (χ4n) is 3.48. The first-order valence-corrected chi connectivity index (χ1v) is 11.9. The number of carbonyl (C=O) groups is 1. The fraction of sp³-hybridized carbons (Fsp3) is 0.296. The van der Waals surface area contributed by atoms with Crippen molar-refractivity contribution in [2.45, 2.75) is 20.4 Å². The summed E-state index contributed by atoms with van der Waals surface area (Å²) < 4.78 is 20.3. The van der Waals surface area contributed by atoms with Gasteiger partial charge in [0, 0.05) is 37.6 Å². The summed E-state index contributed by atoms with van der Waals surface area (Å²) in [5, 5.41) is 6.08. The summed E-state index contributed by atoms with van der Waals surface area (Å²) in [6.45, 7) is 11.6. The van der Waals surface area contributed by atoms with Gasteiger partial charge in [0.2, 0.25) is 11.9 Å². The molecule has 0 atom stereocenters. The topological polar surface area (TPSA) is 82.6 Å². The van der Waals surface area contributed by atoms with Gasteiger partial charge in [0.15, 0.2) is 11.6 Å². The largest absolute Gasteiger partial charge is 0.492 e. The van der Waals surface area contributed by atoms with Gasteiger partial charge in [-0.05, 0) is 49.0 Å². The van der Waals surface area contributed by atoms with Crippen LogP contribution in [0, 0.1) is 5.82 Å². The summed E-state index contributed by atoms with van der Waals surface area (Å²) in [6.07, 6.45) is 2.39. The maximum Gasteiger partial charge on any atom is 0.245 e. The van der Waals surface area contributed by atoms with E-state index >= 15 is 0 Å². The zero-order valence-electron chi connectivity index (χ0n) is 21.0. The van der Waals surface area contributed by atoms with Crippen molar-refractivity contribution >= 4 is 29.0 Å². The molecule has 3 aromatic rings. The molecule has 0 spiro atoms. The SMILES string of the molecule is C=CC(=O)N(C)Cc1ccc(Nc2nc(Nc3cccc(OCCN(CC)CC)c3)ncc2F)cc1. The van der Waals surface area contributed by atoms with E-state index in [0.717, 1.165) is 42.8 Å². The Balaban J connectivity index is 1.62. The maximum atomic E-state index is 14.4. The Morgan fingerprint density at radius 2 is 1.86 bits per heavy atom. The molecular formula is C27H33FN6O2. The van der Waals surface area contributed by atoms with Gasteiger partial charge in [0.25, 0.3) is 0 Å². The molecule has 0 saturated heterocycles. The lowest BCUT2D eigenvalue weighted by Gasteiger charge is -2.18. The van der Waals surface area contributed by atoms with Gasteiger partial charge in [-0.3, -0.25) is 4.79 Å². The zero-order valence-corrected chi connectivity index (χ0v) is 21.0. The highest BCUT2D eigenvalue weighted by Gasteiger charge is 2.10. The molecule has 8 nitrogen and oxygen atoms in total. The number of benzene rings is 2. The number of halogens is 1. The Morgan fingerprint density at radius 3 is 2.56 bits per heavy atom. The molecule has 2 N–H and O–H groups in total. The van der Waals surface area contributed by atoms with Gasteiger partial charge in [0.05, 0.1) is 6.20 Å². The van der Waals surface area contributed by atoms with Gasteiger partial charge in [-0.25, -0.2) is 9.37 Å². The summed E-state index contributed by atoms with van der Waals surface area (Å²) in [4.78, 5) is 23.9. The van der Waals surface area contributed by atoms with Crippen molar-refractivity contribution < 1.29 is 13.9 Å². The number of rotatable bonds is 13. The number of hydrogen-bond donors (Lipinski definition) is 2. The number of carbonyl (C=O) groups excluding carboxylic acids is 1. The fourth-order valence-corrected chi connectivity index (χ4v) is 3.48.